The molecule has 0 bridgehead atoms. The van der Waals surface area contributed by atoms with Crippen LogP contribution in [-0.4, -0.2) is 48.3 Å². The molecule has 1 saturated heterocycles. The van der Waals surface area contributed by atoms with Gasteiger partial charge in [-0.05, 0) is 24.9 Å². The Morgan fingerprint density at radius 3 is 2.71 bits per heavy atom. The Morgan fingerprint density at radius 2 is 2.05 bits per heavy atom. The van der Waals surface area contributed by atoms with Gasteiger partial charge in [-0.1, -0.05) is 30.3 Å². The monoisotopic (exact) mass is 289 g/mol. The van der Waals surface area contributed by atoms with Crippen molar-refractivity contribution in [3.05, 3.63) is 35.9 Å². The Kier molecular flexibility index (Phi) is 5.33. The highest BCUT2D eigenvalue weighted by atomic mass is 16.2. The number of benzene rings is 1. The van der Waals surface area contributed by atoms with Gasteiger partial charge in [-0.15, -0.1) is 0 Å². The SMILES string of the molecule is CN(Cc1ccccc1)C(=O)CN1CCC[C@H](C(N)=O)C1. The Morgan fingerprint density at radius 1 is 1.33 bits per heavy atom. The maximum Gasteiger partial charge on any atom is 0.236 e. The number of likely N-dealkylation sites (N-methyl/N-ethyl adjacent to an activating group) is 1. The summed E-state index contributed by atoms with van der Waals surface area (Å²) in [6, 6.07) is 9.91. The molecule has 2 rings (SSSR count). The average Bonchev–Trinajstić information content (AvgIpc) is 2.48. The quantitative estimate of drug-likeness (QED) is 0.873. The van der Waals surface area contributed by atoms with Gasteiger partial charge in [0.05, 0.1) is 12.5 Å². The normalized spacial score (nSPS) is 19.2. The molecule has 0 saturated carbocycles. The third-order valence-electron chi connectivity index (χ3n) is 3.96. The summed E-state index contributed by atoms with van der Waals surface area (Å²) in [5.41, 5.74) is 6.47. The van der Waals surface area contributed by atoms with Gasteiger partial charge in [0, 0.05) is 20.1 Å². The minimum atomic E-state index is -0.259. The molecule has 0 unspecified atom stereocenters. The summed E-state index contributed by atoms with van der Waals surface area (Å²) in [5.74, 6) is -0.306. The lowest BCUT2D eigenvalue weighted by Crippen LogP contribution is -2.45. The minimum Gasteiger partial charge on any atom is -0.369 e. The van der Waals surface area contributed by atoms with Gasteiger partial charge in [-0.2, -0.15) is 0 Å². The second-order valence-electron chi connectivity index (χ2n) is 5.71. The van der Waals surface area contributed by atoms with Crippen LogP contribution in [0.5, 0.6) is 0 Å². The topological polar surface area (TPSA) is 66.6 Å². The number of hydrogen-bond acceptors (Lipinski definition) is 3. The molecule has 1 atom stereocenters. The Balaban J connectivity index is 1.84. The van der Waals surface area contributed by atoms with Crippen LogP contribution in [0, 0.1) is 5.92 Å². The van der Waals surface area contributed by atoms with Crippen LogP contribution in [0.4, 0.5) is 0 Å². The van der Waals surface area contributed by atoms with Gasteiger partial charge in [0.15, 0.2) is 0 Å². The van der Waals surface area contributed by atoms with Crippen LogP contribution >= 0.6 is 0 Å². The van der Waals surface area contributed by atoms with Crippen molar-refractivity contribution in [2.75, 3.05) is 26.7 Å². The van der Waals surface area contributed by atoms with E-state index >= 15 is 0 Å². The van der Waals surface area contributed by atoms with Gasteiger partial charge in [0.25, 0.3) is 0 Å². The minimum absolute atomic E-state index is 0.0731. The smallest absolute Gasteiger partial charge is 0.236 e. The van der Waals surface area contributed by atoms with Crippen molar-refractivity contribution >= 4 is 11.8 Å². The molecule has 0 spiro atoms. The predicted molar refractivity (Wildman–Crippen MR) is 81.3 cm³/mol. The first kappa shape index (κ1) is 15.5. The highest BCUT2D eigenvalue weighted by Gasteiger charge is 2.25. The number of carbonyl (C=O) groups is 2. The molecule has 2 N–H and O–H groups in total. The molecule has 5 nitrogen and oxygen atoms in total. The fraction of sp³-hybridized carbons (Fsp3) is 0.500. The lowest BCUT2D eigenvalue weighted by atomic mass is 9.97. The molecule has 1 heterocycles. The van der Waals surface area contributed by atoms with Crippen molar-refractivity contribution in [2.45, 2.75) is 19.4 Å². The van der Waals surface area contributed by atoms with Crippen molar-refractivity contribution in [3.8, 4) is 0 Å². The van der Waals surface area contributed by atoms with E-state index in [9.17, 15) is 9.59 Å². The first-order valence-electron chi connectivity index (χ1n) is 7.36. The zero-order valence-corrected chi connectivity index (χ0v) is 12.5. The molecule has 0 aromatic heterocycles. The third kappa shape index (κ3) is 4.56. The summed E-state index contributed by atoms with van der Waals surface area (Å²) < 4.78 is 0. The molecule has 1 aromatic rings. The van der Waals surface area contributed by atoms with Gasteiger partial charge in [0.1, 0.15) is 0 Å². The standard InChI is InChI=1S/C16H23N3O2/c1-18(10-13-6-3-2-4-7-13)15(20)12-19-9-5-8-14(11-19)16(17)21/h2-4,6-7,14H,5,8-12H2,1H3,(H2,17,21)/t14-/m0/s1. The summed E-state index contributed by atoms with van der Waals surface area (Å²) in [6.45, 7) is 2.41. The molecule has 1 aliphatic heterocycles. The maximum atomic E-state index is 12.3. The zero-order chi connectivity index (χ0) is 15.2. The lowest BCUT2D eigenvalue weighted by Gasteiger charge is -2.31. The highest BCUT2D eigenvalue weighted by Crippen LogP contribution is 2.16. The number of amides is 2. The average molecular weight is 289 g/mol. The number of nitrogens with zero attached hydrogens (tertiary/aromatic N) is 2. The molecule has 1 aliphatic rings. The summed E-state index contributed by atoms with van der Waals surface area (Å²) in [7, 11) is 1.81. The lowest BCUT2D eigenvalue weighted by molar-refractivity contribution is -0.133. The number of carbonyl (C=O) groups excluding carboxylic acids is 2. The van der Waals surface area contributed by atoms with E-state index in [1.54, 1.807) is 4.90 Å². The number of piperidine rings is 1. The largest absolute Gasteiger partial charge is 0.369 e. The predicted octanol–water partition coefficient (Wildman–Crippen LogP) is 0.842. The molecule has 0 radical (unpaired) electrons. The first-order valence-corrected chi connectivity index (χ1v) is 7.36. The van der Waals surface area contributed by atoms with Crippen molar-refractivity contribution < 1.29 is 9.59 Å². The van der Waals surface area contributed by atoms with Crippen molar-refractivity contribution in [3.63, 3.8) is 0 Å². The second kappa shape index (κ2) is 7.22. The van der Waals surface area contributed by atoms with Crippen LogP contribution in [-0.2, 0) is 16.1 Å². The van der Waals surface area contributed by atoms with Crippen LogP contribution in [0.1, 0.15) is 18.4 Å². The van der Waals surface area contributed by atoms with E-state index in [0.29, 0.717) is 19.6 Å². The van der Waals surface area contributed by atoms with Crippen LogP contribution < -0.4 is 5.73 Å². The molecule has 114 valence electrons. The zero-order valence-electron chi connectivity index (χ0n) is 12.5. The van der Waals surface area contributed by atoms with Gasteiger partial charge >= 0.3 is 0 Å². The molecule has 5 heteroatoms. The summed E-state index contributed by atoms with van der Waals surface area (Å²) in [6.07, 6.45) is 1.75. The van der Waals surface area contributed by atoms with E-state index < -0.39 is 0 Å². The van der Waals surface area contributed by atoms with Crippen molar-refractivity contribution in [2.24, 2.45) is 11.7 Å². The van der Waals surface area contributed by atoms with E-state index in [0.717, 1.165) is 24.9 Å². The number of likely N-dealkylation sites (tertiary alicyclic amines) is 1. The maximum absolute atomic E-state index is 12.3. The van der Waals surface area contributed by atoms with E-state index in [2.05, 4.69) is 0 Å². The van der Waals surface area contributed by atoms with Gasteiger partial charge < -0.3 is 10.6 Å². The van der Waals surface area contributed by atoms with Gasteiger partial charge in [0.2, 0.25) is 11.8 Å². The van der Waals surface area contributed by atoms with Crippen LogP contribution in [0.2, 0.25) is 0 Å². The number of hydrogen-bond donors (Lipinski definition) is 1. The number of rotatable bonds is 5. The second-order valence-corrected chi connectivity index (χ2v) is 5.71. The fourth-order valence-corrected chi connectivity index (χ4v) is 2.69. The Hall–Kier alpha value is -1.88. The fourth-order valence-electron chi connectivity index (χ4n) is 2.69. The van der Waals surface area contributed by atoms with Crippen LogP contribution in [0.3, 0.4) is 0 Å². The van der Waals surface area contributed by atoms with E-state index in [-0.39, 0.29) is 17.7 Å². The first-order chi connectivity index (χ1) is 10.1. The van der Waals surface area contributed by atoms with Gasteiger partial charge in [-0.25, -0.2) is 0 Å². The van der Waals surface area contributed by atoms with E-state index in [1.807, 2.05) is 42.3 Å². The van der Waals surface area contributed by atoms with Gasteiger partial charge in [-0.3, -0.25) is 14.5 Å². The highest BCUT2D eigenvalue weighted by molar-refractivity contribution is 5.79. The Labute approximate surface area is 125 Å². The summed E-state index contributed by atoms with van der Waals surface area (Å²) >= 11 is 0. The number of primary amides is 1. The molecule has 0 aliphatic carbocycles. The van der Waals surface area contributed by atoms with Crippen LogP contribution in [0.25, 0.3) is 0 Å². The third-order valence-corrected chi connectivity index (χ3v) is 3.96. The molecule has 21 heavy (non-hydrogen) atoms. The molecular formula is C16H23N3O2. The summed E-state index contributed by atoms with van der Waals surface area (Å²) in [5, 5.41) is 0. The van der Waals surface area contributed by atoms with E-state index in [4.69, 9.17) is 5.73 Å². The molecule has 1 fully saturated rings. The summed E-state index contributed by atoms with van der Waals surface area (Å²) in [4.78, 5) is 27.3. The van der Waals surface area contributed by atoms with Crippen molar-refractivity contribution in [1.82, 2.24) is 9.80 Å². The van der Waals surface area contributed by atoms with Crippen LogP contribution in [0.15, 0.2) is 30.3 Å². The van der Waals surface area contributed by atoms with E-state index in [1.165, 1.54) is 0 Å². The number of nitrogens with two attached hydrogens (primary N) is 1. The molecule has 2 amide bonds. The van der Waals surface area contributed by atoms with Crippen molar-refractivity contribution in [1.29, 1.82) is 0 Å². The molecular weight excluding hydrogens is 266 g/mol. The Bertz CT molecular complexity index is 490. The molecule has 1 aromatic carbocycles.